The summed E-state index contributed by atoms with van der Waals surface area (Å²) in [6, 6.07) is 0.116. The summed E-state index contributed by atoms with van der Waals surface area (Å²) in [4.78, 5) is 29.4. The van der Waals surface area contributed by atoms with Crippen molar-refractivity contribution < 1.29 is 9.59 Å². The molecule has 0 bridgehead atoms. The van der Waals surface area contributed by atoms with Crippen LogP contribution in [0, 0.1) is 11.8 Å². The van der Waals surface area contributed by atoms with Crippen molar-refractivity contribution in [3.63, 3.8) is 0 Å². The lowest BCUT2D eigenvalue weighted by Gasteiger charge is -2.34. The Morgan fingerprint density at radius 3 is 1.82 bits per heavy atom. The molecule has 3 fully saturated rings. The van der Waals surface area contributed by atoms with Gasteiger partial charge >= 0.3 is 0 Å². The monoisotopic (exact) mass is 329 g/mol. The molecule has 2 aliphatic heterocycles. The van der Waals surface area contributed by atoms with E-state index in [-0.39, 0.29) is 42.1 Å². The van der Waals surface area contributed by atoms with Crippen LogP contribution in [0.3, 0.4) is 0 Å². The van der Waals surface area contributed by atoms with Crippen molar-refractivity contribution in [1.29, 1.82) is 0 Å². The summed E-state index contributed by atoms with van der Waals surface area (Å²) >= 11 is 0. The Morgan fingerprint density at radius 2 is 1.32 bits per heavy atom. The van der Waals surface area contributed by atoms with Crippen LogP contribution >= 0.6 is 12.4 Å². The largest absolute Gasteiger partial charge is 0.342 e. The summed E-state index contributed by atoms with van der Waals surface area (Å²) in [5, 5.41) is 0. The van der Waals surface area contributed by atoms with Crippen molar-refractivity contribution in [2.24, 2.45) is 17.6 Å². The third kappa shape index (κ3) is 3.57. The molecule has 22 heavy (non-hydrogen) atoms. The molecule has 2 amide bonds. The zero-order valence-electron chi connectivity index (χ0n) is 13.2. The van der Waals surface area contributed by atoms with Gasteiger partial charge in [0, 0.05) is 44.1 Å². The fourth-order valence-corrected chi connectivity index (χ4v) is 4.12. The maximum atomic E-state index is 12.8. The van der Waals surface area contributed by atoms with E-state index in [1.54, 1.807) is 0 Å². The van der Waals surface area contributed by atoms with Gasteiger partial charge in [0.1, 0.15) is 0 Å². The number of rotatable bonds is 2. The van der Waals surface area contributed by atoms with Crippen molar-refractivity contribution >= 4 is 24.2 Å². The Balaban J connectivity index is 0.00000176. The van der Waals surface area contributed by atoms with E-state index in [1.807, 2.05) is 9.80 Å². The first kappa shape index (κ1) is 17.5. The van der Waals surface area contributed by atoms with Gasteiger partial charge < -0.3 is 15.5 Å². The van der Waals surface area contributed by atoms with Gasteiger partial charge in [0.05, 0.1) is 0 Å². The summed E-state index contributed by atoms with van der Waals surface area (Å²) in [6.07, 6.45) is 7.01. The molecular formula is C16H28ClN3O2. The zero-order valence-corrected chi connectivity index (χ0v) is 14.0. The van der Waals surface area contributed by atoms with Gasteiger partial charge in [-0.3, -0.25) is 9.59 Å². The van der Waals surface area contributed by atoms with Crippen molar-refractivity contribution in [2.45, 2.75) is 51.0 Å². The van der Waals surface area contributed by atoms with Crippen molar-refractivity contribution in [3.05, 3.63) is 0 Å². The molecule has 2 N–H and O–H groups in total. The van der Waals surface area contributed by atoms with E-state index < -0.39 is 0 Å². The predicted molar refractivity (Wildman–Crippen MR) is 87.7 cm³/mol. The highest BCUT2D eigenvalue weighted by Crippen LogP contribution is 2.34. The molecule has 2 unspecified atom stereocenters. The van der Waals surface area contributed by atoms with E-state index >= 15 is 0 Å². The summed E-state index contributed by atoms with van der Waals surface area (Å²) in [5.74, 6) is 0.229. The van der Waals surface area contributed by atoms with Gasteiger partial charge in [0.2, 0.25) is 11.8 Å². The van der Waals surface area contributed by atoms with Gasteiger partial charge in [-0.2, -0.15) is 0 Å². The molecule has 2 heterocycles. The highest BCUT2D eigenvalue weighted by Gasteiger charge is 2.41. The molecule has 0 radical (unpaired) electrons. The van der Waals surface area contributed by atoms with Crippen LogP contribution in [-0.4, -0.2) is 53.8 Å². The molecule has 2 saturated heterocycles. The number of hydrogen-bond acceptors (Lipinski definition) is 3. The first-order chi connectivity index (χ1) is 10.2. The molecule has 0 aromatic rings. The van der Waals surface area contributed by atoms with Crippen molar-refractivity contribution in [3.8, 4) is 0 Å². The minimum Gasteiger partial charge on any atom is -0.342 e. The number of hydrogen-bond donors (Lipinski definition) is 1. The average Bonchev–Trinajstić information content (AvgIpc) is 3.17. The molecule has 1 aliphatic carbocycles. The number of carbonyl (C=O) groups excluding carboxylic acids is 2. The summed E-state index contributed by atoms with van der Waals surface area (Å²) in [6.45, 7) is 3.19. The van der Waals surface area contributed by atoms with E-state index in [0.717, 1.165) is 64.6 Å². The van der Waals surface area contributed by atoms with Gasteiger partial charge in [0.25, 0.3) is 0 Å². The SMILES string of the molecule is Cl.N[C@@H]1CCN(C(=O)C2CCCCC2C(=O)N2CCCC2)C1. The molecule has 1 saturated carbocycles. The van der Waals surface area contributed by atoms with Crippen molar-refractivity contribution in [1.82, 2.24) is 9.80 Å². The van der Waals surface area contributed by atoms with Gasteiger partial charge in [-0.15, -0.1) is 12.4 Å². The standard InChI is InChI=1S/C16H27N3O2.ClH/c17-12-7-10-19(11-12)16(21)14-6-2-1-5-13(14)15(20)18-8-3-4-9-18;/h12-14H,1-11,17H2;1H/t12-,13?,14?;/m1./s1. The van der Waals surface area contributed by atoms with E-state index in [1.165, 1.54) is 0 Å². The van der Waals surface area contributed by atoms with Crippen LogP contribution in [0.5, 0.6) is 0 Å². The Hall–Kier alpha value is -0.810. The average molecular weight is 330 g/mol. The molecule has 0 aromatic heterocycles. The smallest absolute Gasteiger partial charge is 0.226 e. The maximum absolute atomic E-state index is 12.8. The van der Waals surface area contributed by atoms with Gasteiger partial charge in [-0.05, 0) is 32.1 Å². The molecule has 5 nitrogen and oxygen atoms in total. The summed E-state index contributed by atoms with van der Waals surface area (Å²) < 4.78 is 0. The number of nitrogens with two attached hydrogens (primary N) is 1. The maximum Gasteiger partial charge on any atom is 0.226 e. The minimum atomic E-state index is -0.0999. The highest BCUT2D eigenvalue weighted by molar-refractivity contribution is 5.88. The number of carbonyl (C=O) groups is 2. The number of halogens is 1. The highest BCUT2D eigenvalue weighted by atomic mass is 35.5. The fourth-order valence-electron chi connectivity index (χ4n) is 4.12. The Labute approximate surface area is 139 Å². The third-order valence-corrected chi connectivity index (χ3v) is 5.35. The van der Waals surface area contributed by atoms with Gasteiger partial charge in [-0.1, -0.05) is 12.8 Å². The number of amides is 2. The molecule has 3 aliphatic rings. The van der Waals surface area contributed by atoms with Crippen LogP contribution in [0.2, 0.25) is 0 Å². The lowest BCUT2D eigenvalue weighted by molar-refractivity contribution is -0.147. The number of likely N-dealkylation sites (tertiary alicyclic amines) is 2. The third-order valence-electron chi connectivity index (χ3n) is 5.35. The van der Waals surface area contributed by atoms with E-state index in [4.69, 9.17) is 5.73 Å². The predicted octanol–water partition coefficient (Wildman–Crippen LogP) is 1.40. The first-order valence-electron chi connectivity index (χ1n) is 8.50. The Morgan fingerprint density at radius 1 is 0.773 bits per heavy atom. The second-order valence-electron chi connectivity index (χ2n) is 6.86. The molecule has 0 spiro atoms. The summed E-state index contributed by atoms with van der Waals surface area (Å²) in [7, 11) is 0. The molecule has 6 heteroatoms. The molecule has 126 valence electrons. The second-order valence-corrected chi connectivity index (χ2v) is 6.86. The topological polar surface area (TPSA) is 66.6 Å². The molecule has 0 aromatic carbocycles. The second kappa shape index (κ2) is 7.64. The van der Waals surface area contributed by atoms with E-state index in [0.29, 0.717) is 6.54 Å². The summed E-state index contributed by atoms with van der Waals surface area (Å²) in [5.41, 5.74) is 5.92. The van der Waals surface area contributed by atoms with Crippen LogP contribution in [-0.2, 0) is 9.59 Å². The zero-order chi connectivity index (χ0) is 14.8. The van der Waals surface area contributed by atoms with Crippen LogP contribution in [0.4, 0.5) is 0 Å². The lowest BCUT2D eigenvalue weighted by Crippen LogP contribution is -2.46. The van der Waals surface area contributed by atoms with Crippen LogP contribution < -0.4 is 5.73 Å². The Kier molecular flexibility index (Phi) is 6.09. The minimum absolute atomic E-state index is 0. The van der Waals surface area contributed by atoms with Crippen LogP contribution in [0.25, 0.3) is 0 Å². The van der Waals surface area contributed by atoms with Crippen LogP contribution in [0.15, 0.2) is 0 Å². The molecule has 3 atom stereocenters. The van der Waals surface area contributed by atoms with E-state index in [2.05, 4.69) is 0 Å². The quantitative estimate of drug-likeness (QED) is 0.832. The molecule has 3 rings (SSSR count). The first-order valence-corrected chi connectivity index (χ1v) is 8.50. The normalized spacial score (nSPS) is 32.0. The van der Waals surface area contributed by atoms with Gasteiger partial charge in [0.15, 0.2) is 0 Å². The van der Waals surface area contributed by atoms with E-state index in [9.17, 15) is 9.59 Å². The Bertz CT molecular complexity index is 412. The lowest BCUT2D eigenvalue weighted by atomic mass is 9.77. The fraction of sp³-hybridized carbons (Fsp3) is 0.875. The van der Waals surface area contributed by atoms with Crippen molar-refractivity contribution in [2.75, 3.05) is 26.2 Å². The van der Waals surface area contributed by atoms with Gasteiger partial charge in [-0.25, -0.2) is 0 Å². The van der Waals surface area contributed by atoms with Crippen LogP contribution in [0.1, 0.15) is 44.9 Å². The molecular weight excluding hydrogens is 302 g/mol. The number of nitrogens with zero attached hydrogens (tertiary/aromatic N) is 2.